The Morgan fingerprint density at radius 1 is 1.57 bits per heavy atom. The van der Waals surface area contributed by atoms with Gasteiger partial charge in [-0.3, -0.25) is 0 Å². The molecular formula is C11H14FNO. The molecule has 0 radical (unpaired) electrons. The Hall–Kier alpha value is -1.09. The molecule has 1 heterocycles. The average molecular weight is 195 g/mol. The molecule has 0 aromatic heterocycles. The van der Waals surface area contributed by atoms with Crippen molar-refractivity contribution >= 4 is 0 Å². The van der Waals surface area contributed by atoms with Crippen LogP contribution >= 0.6 is 0 Å². The molecule has 2 rings (SSSR count). The van der Waals surface area contributed by atoms with Crippen molar-refractivity contribution in [3.63, 3.8) is 0 Å². The van der Waals surface area contributed by atoms with Crippen molar-refractivity contribution in [2.24, 2.45) is 5.73 Å². The Balaban J connectivity index is 2.33. The lowest BCUT2D eigenvalue weighted by Crippen LogP contribution is -2.41. The van der Waals surface area contributed by atoms with E-state index in [4.69, 9.17) is 10.5 Å². The number of benzene rings is 1. The van der Waals surface area contributed by atoms with Crippen LogP contribution in [0.3, 0.4) is 0 Å². The molecule has 0 saturated carbocycles. The summed E-state index contributed by atoms with van der Waals surface area (Å²) in [7, 11) is 0. The molecule has 76 valence electrons. The van der Waals surface area contributed by atoms with Gasteiger partial charge < -0.3 is 10.5 Å². The van der Waals surface area contributed by atoms with Gasteiger partial charge in [0.2, 0.25) is 0 Å². The number of ether oxygens (including phenoxy) is 1. The zero-order chi connectivity index (χ0) is 10.2. The van der Waals surface area contributed by atoms with E-state index in [-0.39, 0.29) is 11.4 Å². The Bertz CT molecular complexity index is 347. The van der Waals surface area contributed by atoms with Gasteiger partial charge in [-0.1, -0.05) is 13.0 Å². The zero-order valence-electron chi connectivity index (χ0n) is 8.22. The second kappa shape index (κ2) is 3.24. The molecule has 14 heavy (non-hydrogen) atoms. The molecule has 0 aliphatic carbocycles. The molecule has 1 aliphatic heterocycles. The van der Waals surface area contributed by atoms with Crippen molar-refractivity contribution in [3.05, 3.63) is 29.6 Å². The van der Waals surface area contributed by atoms with Gasteiger partial charge in [0, 0.05) is 19.0 Å². The van der Waals surface area contributed by atoms with Crippen LogP contribution in [0.15, 0.2) is 18.2 Å². The third-order valence-corrected chi connectivity index (χ3v) is 2.88. The maximum atomic E-state index is 12.9. The Morgan fingerprint density at radius 2 is 2.36 bits per heavy atom. The first-order valence-electron chi connectivity index (χ1n) is 4.86. The molecule has 3 heteroatoms. The first-order valence-corrected chi connectivity index (χ1v) is 4.86. The molecule has 1 unspecified atom stereocenters. The molecule has 1 aromatic carbocycles. The van der Waals surface area contributed by atoms with Crippen molar-refractivity contribution in [2.45, 2.75) is 25.4 Å². The van der Waals surface area contributed by atoms with Gasteiger partial charge in [0.05, 0.1) is 0 Å². The quantitative estimate of drug-likeness (QED) is 0.781. The number of nitrogens with two attached hydrogens (primary N) is 1. The van der Waals surface area contributed by atoms with Gasteiger partial charge in [-0.2, -0.15) is 0 Å². The second-order valence-corrected chi connectivity index (χ2v) is 3.77. The monoisotopic (exact) mass is 195 g/mol. The lowest BCUT2D eigenvalue weighted by Gasteiger charge is -2.25. The fraction of sp³-hybridized carbons (Fsp3) is 0.455. The van der Waals surface area contributed by atoms with E-state index >= 15 is 0 Å². The first kappa shape index (κ1) is 9.46. The van der Waals surface area contributed by atoms with Crippen LogP contribution in [0.4, 0.5) is 4.39 Å². The number of hydrogen-bond acceptors (Lipinski definition) is 2. The van der Waals surface area contributed by atoms with Crippen molar-refractivity contribution in [2.75, 3.05) is 6.54 Å². The van der Waals surface area contributed by atoms with Crippen molar-refractivity contribution in [3.8, 4) is 5.75 Å². The van der Waals surface area contributed by atoms with Crippen molar-refractivity contribution in [1.29, 1.82) is 0 Å². The Morgan fingerprint density at radius 3 is 3.00 bits per heavy atom. The van der Waals surface area contributed by atoms with E-state index in [9.17, 15) is 4.39 Å². The third-order valence-electron chi connectivity index (χ3n) is 2.88. The van der Waals surface area contributed by atoms with Crippen LogP contribution in [-0.4, -0.2) is 12.1 Å². The molecule has 1 atom stereocenters. The van der Waals surface area contributed by atoms with Gasteiger partial charge in [0.15, 0.2) is 0 Å². The summed E-state index contributed by atoms with van der Waals surface area (Å²) in [6.07, 6.45) is 1.63. The summed E-state index contributed by atoms with van der Waals surface area (Å²) in [5, 5.41) is 0. The maximum Gasteiger partial charge on any atom is 0.126 e. The lowest BCUT2D eigenvalue weighted by molar-refractivity contribution is 0.0992. The number of halogens is 1. The average Bonchev–Trinajstić information content (AvgIpc) is 2.56. The fourth-order valence-electron chi connectivity index (χ4n) is 1.84. The normalized spacial score (nSPS) is 24.5. The standard InChI is InChI=1S/C11H14FNO/c1-2-11(7-13)6-8-3-4-9(12)5-10(8)14-11/h3-5H,2,6-7,13H2,1H3. The van der Waals surface area contributed by atoms with Crippen LogP contribution in [0.2, 0.25) is 0 Å². The third kappa shape index (κ3) is 1.38. The Kier molecular flexibility index (Phi) is 2.19. The predicted molar refractivity (Wildman–Crippen MR) is 52.8 cm³/mol. The fourth-order valence-corrected chi connectivity index (χ4v) is 1.84. The summed E-state index contributed by atoms with van der Waals surface area (Å²) in [6, 6.07) is 4.67. The molecule has 0 amide bonds. The molecule has 2 nitrogen and oxygen atoms in total. The predicted octanol–water partition coefficient (Wildman–Crippen LogP) is 1.87. The molecule has 2 N–H and O–H groups in total. The minimum atomic E-state index is -0.309. The minimum absolute atomic E-state index is 0.257. The van der Waals surface area contributed by atoms with Crippen LogP contribution < -0.4 is 10.5 Å². The van der Waals surface area contributed by atoms with Gasteiger partial charge in [-0.05, 0) is 18.1 Å². The van der Waals surface area contributed by atoms with Crippen molar-refractivity contribution < 1.29 is 9.13 Å². The van der Waals surface area contributed by atoms with E-state index in [1.165, 1.54) is 12.1 Å². The highest BCUT2D eigenvalue weighted by Crippen LogP contribution is 2.36. The highest BCUT2D eigenvalue weighted by molar-refractivity contribution is 5.39. The molecule has 1 aromatic rings. The number of hydrogen-bond donors (Lipinski definition) is 1. The van der Waals surface area contributed by atoms with E-state index in [0.29, 0.717) is 12.3 Å². The van der Waals surface area contributed by atoms with Crippen LogP contribution in [0.5, 0.6) is 5.75 Å². The highest BCUT2D eigenvalue weighted by Gasteiger charge is 2.36. The van der Waals surface area contributed by atoms with E-state index in [0.717, 1.165) is 18.4 Å². The summed E-state index contributed by atoms with van der Waals surface area (Å²) in [4.78, 5) is 0. The van der Waals surface area contributed by atoms with Gasteiger partial charge >= 0.3 is 0 Å². The summed E-state index contributed by atoms with van der Waals surface area (Å²) in [6.45, 7) is 2.51. The van der Waals surface area contributed by atoms with E-state index < -0.39 is 0 Å². The summed E-state index contributed by atoms with van der Waals surface area (Å²) < 4.78 is 18.6. The van der Waals surface area contributed by atoms with Crippen LogP contribution in [0.25, 0.3) is 0 Å². The number of rotatable bonds is 2. The SMILES string of the molecule is CCC1(CN)Cc2ccc(F)cc2O1. The van der Waals surface area contributed by atoms with Gasteiger partial charge in [-0.25, -0.2) is 4.39 Å². The maximum absolute atomic E-state index is 12.9. The van der Waals surface area contributed by atoms with Gasteiger partial charge in [0.1, 0.15) is 17.2 Å². The zero-order valence-corrected chi connectivity index (χ0v) is 8.22. The van der Waals surface area contributed by atoms with E-state index in [1.54, 1.807) is 6.07 Å². The molecule has 0 saturated heterocycles. The van der Waals surface area contributed by atoms with Crippen molar-refractivity contribution in [1.82, 2.24) is 0 Å². The lowest BCUT2D eigenvalue weighted by atomic mass is 9.95. The van der Waals surface area contributed by atoms with Gasteiger partial charge in [0.25, 0.3) is 0 Å². The molecular weight excluding hydrogens is 181 g/mol. The topological polar surface area (TPSA) is 35.2 Å². The largest absolute Gasteiger partial charge is 0.485 e. The van der Waals surface area contributed by atoms with Gasteiger partial charge in [-0.15, -0.1) is 0 Å². The van der Waals surface area contributed by atoms with E-state index in [2.05, 4.69) is 0 Å². The summed E-state index contributed by atoms with van der Waals surface area (Å²) in [5.74, 6) is 0.393. The number of fused-ring (bicyclic) bond motifs is 1. The van der Waals surface area contributed by atoms with Crippen LogP contribution in [-0.2, 0) is 6.42 Å². The minimum Gasteiger partial charge on any atom is -0.485 e. The van der Waals surface area contributed by atoms with Crippen LogP contribution in [0.1, 0.15) is 18.9 Å². The summed E-state index contributed by atoms with van der Waals surface area (Å²) in [5.41, 5.74) is 6.42. The molecule has 0 bridgehead atoms. The van der Waals surface area contributed by atoms with Crippen LogP contribution in [0, 0.1) is 5.82 Å². The van der Waals surface area contributed by atoms with E-state index in [1.807, 2.05) is 6.92 Å². The second-order valence-electron chi connectivity index (χ2n) is 3.77. The highest BCUT2D eigenvalue weighted by atomic mass is 19.1. The first-order chi connectivity index (χ1) is 6.69. The smallest absolute Gasteiger partial charge is 0.126 e. The Labute approximate surface area is 82.9 Å². The summed E-state index contributed by atoms with van der Waals surface area (Å²) >= 11 is 0. The molecule has 0 spiro atoms. The molecule has 1 aliphatic rings. The molecule has 0 fully saturated rings.